The molecule has 1 aliphatic heterocycles. The SMILES string of the molecule is Cc1ccc2nc(NCCOCCO)c(/C=C3\SC(=S)N(C(C)C)C3=O)c(=O)n2c1. The minimum Gasteiger partial charge on any atom is -0.394 e. The standard InChI is InChI=1S/C20H24N4O4S2/c1-12(2)24-19(27)15(30-20(24)29)10-14-17(21-6-8-28-9-7-25)22-16-5-4-13(3)11-23(16)18(14)26/h4-5,10-12,21,25H,6-9H2,1-3H3/b15-10-. The van der Waals surface area contributed by atoms with Crippen LogP contribution in [0.5, 0.6) is 0 Å². The Hall–Kier alpha value is -2.27. The van der Waals surface area contributed by atoms with E-state index in [0.717, 1.165) is 5.56 Å². The number of thioether (sulfide) groups is 1. The van der Waals surface area contributed by atoms with Crippen LogP contribution in [0.3, 0.4) is 0 Å². The highest BCUT2D eigenvalue weighted by molar-refractivity contribution is 8.26. The Balaban J connectivity index is 2.03. The zero-order valence-corrected chi connectivity index (χ0v) is 18.7. The van der Waals surface area contributed by atoms with E-state index in [1.54, 1.807) is 18.3 Å². The predicted molar refractivity (Wildman–Crippen MR) is 123 cm³/mol. The van der Waals surface area contributed by atoms with Crippen molar-refractivity contribution < 1.29 is 14.6 Å². The predicted octanol–water partition coefficient (Wildman–Crippen LogP) is 2.03. The van der Waals surface area contributed by atoms with E-state index in [1.165, 1.54) is 21.1 Å². The van der Waals surface area contributed by atoms with Gasteiger partial charge in [0, 0.05) is 18.8 Å². The molecule has 3 rings (SSSR count). The van der Waals surface area contributed by atoms with E-state index < -0.39 is 0 Å². The fraction of sp³-hybridized carbons (Fsp3) is 0.400. The van der Waals surface area contributed by atoms with E-state index in [2.05, 4.69) is 10.3 Å². The normalized spacial score (nSPS) is 15.8. The maximum absolute atomic E-state index is 13.2. The molecule has 2 aromatic rings. The van der Waals surface area contributed by atoms with Crippen molar-refractivity contribution in [3.8, 4) is 0 Å². The lowest BCUT2D eigenvalue weighted by atomic mass is 10.2. The van der Waals surface area contributed by atoms with Gasteiger partial charge in [0.1, 0.15) is 15.8 Å². The smallest absolute Gasteiger partial charge is 0.267 e. The molecule has 0 unspecified atom stereocenters. The fourth-order valence-corrected chi connectivity index (χ4v) is 4.49. The molecule has 0 atom stereocenters. The number of hydrogen-bond donors (Lipinski definition) is 2. The first-order valence-corrected chi connectivity index (χ1v) is 10.8. The number of nitrogens with zero attached hydrogens (tertiary/aromatic N) is 3. The number of ether oxygens (including phenoxy) is 1. The molecule has 3 heterocycles. The molecule has 30 heavy (non-hydrogen) atoms. The van der Waals surface area contributed by atoms with Gasteiger partial charge in [0.05, 0.1) is 30.3 Å². The van der Waals surface area contributed by atoms with Gasteiger partial charge in [0.15, 0.2) is 0 Å². The minimum atomic E-state index is -0.280. The maximum Gasteiger partial charge on any atom is 0.267 e. The minimum absolute atomic E-state index is 0.0577. The van der Waals surface area contributed by atoms with E-state index in [4.69, 9.17) is 22.1 Å². The highest BCUT2D eigenvalue weighted by Gasteiger charge is 2.34. The summed E-state index contributed by atoms with van der Waals surface area (Å²) in [6, 6.07) is 3.58. The Morgan fingerprint density at radius 3 is 2.77 bits per heavy atom. The van der Waals surface area contributed by atoms with Gasteiger partial charge in [0.2, 0.25) is 0 Å². The number of thiocarbonyl (C=S) groups is 1. The van der Waals surface area contributed by atoms with Crippen molar-refractivity contribution in [2.24, 2.45) is 0 Å². The zero-order valence-electron chi connectivity index (χ0n) is 17.0. The largest absolute Gasteiger partial charge is 0.394 e. The quantitative estimate of drug-likeness (QED) is 0.360. The molecule has 10 heteroatoms. The number of nitrogens with one attached hydrogen (secondary N) is 1. The van der Waals surface area contributed by atoms with Gasteiger partial charge in [-0.3, -0.25) is 18.9 Å². The molecular formula is C20H24N4O4S2. The van der Waals surface area contributed by atoms with Gasteiger partial charge in [-0.1, -0.05) is 30.0 Å². The summed E-state index contributed by atoms with van der Waals surface area (Å²) in [4.78, 5) is 32.5. The van der Waals surface area contributed by atoms with Crippen LogP contribution in [0.2, 0.25) is 0 Å². The molecule has 1 amide bonds. The third kappa shape index (κ3) is 4.72. The Labute approximate surface area is 183 Å². The summed E-state index contributed by atoms with van der Waals surface area (Å²) in [5.41, 5.74) is 1.42. The number of aliphatic hydroxyl groups excluding tert-OH is 1. The van der Waals surface area contributed by atoms with Crippen LogP contribution in [-0.2, 0) is 9.53 Å². The van der Waals surface area contributed by atoms with Gasteiger partial charge < -0.3 is 15.2 Å². The summed E-state index contributed by atoms with van der Waals surface area (Å²) in [5.74, 6) is 0.150. The Morgan fingerprint density at radius 2 is 2.10 bits per heavy atom. The number of aryl methyl sites for hydroxylation is 1. The number of anilines is 1. The summed E-state index contributed by atoms with van der Waals surface area (Å²) in [6.45, 7) is 6.58. The molecule has 1 aliphatic rings. The first-order valence-electron chi connectivity index (χ1n) is 9.56. The highest BCUT2D eigenvalue weighted by atomic mass is 32.2. The lowest BCUT2D eigenvalue weighted by Crippen LogP contribution is -2.34. The van der Waals surface area contributed by atoms with Crippen LogP contribution in [0.25, 0.3) is 11.7 Å². The number of carbonyl (C=O) groups excluding carboxylic acids is 1. The Bertz CT molecular complexity index is 1060. The summed E-state index contributed by atoms with van der Waals surface area (Å²) >= 11 is 6.51. The maximum atomic E-state index is 13.2. The molecule has 0 spiro atoms. The summed E-state index contributed by atoms with van der Waals surface area (Å²) < 4.78 is 7.20. The van der Waals surface area contributed by atoms with Crippen LogP contribution in [0.4, 0.5) is 5.82 Å². The first-order chi connectivity index (χ1) is 14.3. The van der Waals surface area contributed by atoms with Crippen molar-refractivity contribution in [3.05, 3.63) is 44.7 Å². The molecule has 0 saturated carbocycles. The summed E-state index contributed by atoms with van der Waals surface area (Å²) in [7, 11) is 0. The molecule has 0 bridgehead atoms. The van der Waals surface area contributed by atoms with E-state index in [9.17, 15) is 9.59 Å². The Morgan fingerprint density at radius 1 is 1.33 bits per heavy atom. The van der Waals surface area contributed by atoms with Crippen LogP contribution in [0.15, 0.2) is 28.0 Å². The number of carbonyl (C=O) groups is 1. The second kappa shape index (κ2) is 9.69. The number of hydrogen-bond acceptors (Lipinski definition) is 8. The molecule has 0 aromatic carbocycles. The van der Waals surface area contributed by atoms with Gasteiger partial charge in [-0.2, -0.15) is 0 Å². The van der Waals surface area contributed by atoms with E-state index in [1.807, 2.05) is 26.8 Å². The van der Waals surface area contributed by atoms with Crippen molar-refractivity contribution in [1.82, 2.24) is 14.3 Å². The molecule has 1 saturated heterocycles. The molecule has 2 N–H and O–H groups in total. The average molecular weight is 449 g/mol. The van der Waals surface area contributed by atoms with Crippen molar-refractivity contribution in [1.29, 1.82) is 0 Å². The number of pyridine rings is 1. The number of aliphatic hydroxyl groups is 1. The number of fused-ring (bicyclic) bond motifs is 1. The molecule has 1 fully saturated rings. The monoisotopic (exact) mass is 448 g/mol. The van der Waals surface area contributed by atoms with Gasteiger partial charge in [-0.25, -0.2) is 4.98 Å². The number of aromatic nitrogens is 2. The lowest BCUT2D eigenvalue weighted by Gasteiger charge is -2.18. The van der Waals surface area contributed by atoms with Crippen molar-refractivity contribution in [2.45, 2.75) is 26.8 Å². The van der Waals surface area contributed by atoms with Crippen LogP contribution < -0.4 is 10.9 Å². The second-order valence-electron chi connectivity index (χ2n) is 7.02. The zero-order chi connectivity index (χ0) is 21.8. The molecule has 8 nitrogen and oxygen atoms in total. The molecule has 0 aliphatic carbocycles. The molecule has 0 radical (unpaired) electrons. The van der Waals surface area contributed by atoms with Crippen LogP contribution in [0, 0.1) is 6.92 Å². The molecule has 2 aromatic heterocycles. The lowest BCUT2D eigenvalue weighted by molar-refractivity contribution is -0.123. The number of amides is 1. The summed E-state index contributed by atoms with van der Waals surface area (Å²) in [5, 5.41) is 11.9. The van der Waals surface area contributed by atoms with Gasteiger partial charge in [0.25, 0.3) is 11.5 Å². The second-order valence-corrected chi connectivity index (χ2v) is 8.70. The number of rotatable bonds is 8. The van der Waals surface area contributed by atoms with E-state index in [-0.39, 0.29) is 36.3 Å². The third-order valence-electron chi connectivity index (χ3n) is 4.40. The van der Waals surface area contributed by atoms with Gasteiger partial charge in [-0.15, -0.1) is 0 Å². The molecule has 160 valence electrons. The van der Waals surface area contributed by atoms with Crippen LogP contribution in [-0.4, -0.2) is 62.0 Å². The van der Waals surface area contributed by atoms with Crippen molar-refractivity contribution in [3.63, 3.8) is 0 Å². The fourth-order valence-electron chi connectivity index (χ4n) is 2.99. The van der Waals surface area contributed by atoms with Crippen molar-refractivity contribution in [2.75, 3.05) is 31.7 Å². The van der Waals surface area contributed by atoms with Gasteiger partial charge >= 0.3 is 0 Å². The summed E-state index contributed by atoms with van der Waals surface area (Å²) in [6.07, 6.45) is 3.28. The van der Waals surface area contributed by atoms with Crippen LogP contribution in [0.1, 0.15) is 25.0 Å². The third-order valence-corrected chi connectivity index (χ3v) is 5.73. The topological polar surface area (TPSA) is 96.2 Å². The Kier molecular flexibility index (Phi) is 7.24. The van der Waals surface area contributed by atoms with E-state index in [0.29, 0.717) is 33.8 Å². The molecular weight excluding hydrogens is 424 g/mol. The van der Waals surface area contributed by atoms with Crippen LogP contribution >= 0.6 is 24.0 Å². The average Bonchev–Trinajstić information content (AvgIpc) is 2.98. The van der Waals surface area contributed by atoms with Gasteiger partial charge in [-0.05, 0) is 38.5 Å². The van der Waals surface area contributed by atoms with E-state index >= 15 is 0 Å². The highest BCUT2D eigenvalue weighted by Crippen LogP contribution is 2.34. The first kappa shape index (κ1) is 22.4. The van der Waals surface area contributed by atoms with Crippen molar-refractivity contribution >= 4 is 51.7 Å².